The Morgan fingerprint density at radius 3 is 2.42 bits per heavy atom. The lowest BCUT2D eigenvalue weighted by molar-refractivity contribution is -0.137. The number of carbonyl (C=O) groups is 2. The molecule has 0 unspecified atom stereocenters. The van der Waals surface area contributed by atoms with Crippen LogP contribution in [0.15, 0.2) is 60.7 Å². The Kier molecular flexibility index (Phi) is 6.52. The van der Waals surface area contributed by atoms with Crippen LogP contribution in [0.2, 0.25) is 5.02 Å². The topological polar surface area (TPSA) is 43.4 Å². The molecule has 0 atom stereocenters. The molecule has 0 saturated carbocycles. The molecule has 122 valence electrons. The predicted octanol–water partition coefficient (Wildman–Crippen LogP) is 4.81. The Bertz CT molecular complexity index is 774. The number of esters is 1. The first kappa shape index (κ1) is 17.7. The first-order valence-electron chi connectivity index (χ1n) is 7.51. The second kappa shape index (κ2) is 8.85. The molecule has 0 N–H and O–H groups in total. The number of halogens is 1. The van der Waals surface area contributed by atoms with Crippen molar-refractivity contribution in [2.75, 3.05) is 6.61 Å². The smallest absolute Gasteiger partial charge is 0.330 e. The fraction of sp³-hybridized carbons (Fsp3) is 0.100. The van der Waals surface area contributed by atoms with E-state index >= 15 is 0 Å². The molecule has 0 fully saturated rings. The lowest BCUT2D eigenvalue weighted by Crippen LogP contribution is -1.99. The predicted molar refractivity (Wildman–Crippen MR) is 96.9 cm³/mol. The molecule has 0 aromatic heterocycles. The van der Waals surface area contributed by atoms with E-state index in [2.05, 4.69) is 0 Å². The zero-order valence-corrected chi connectivity index (χ0v) is 14.0. The normalized spacial score (nSPS) is 11.1. The first-order valence-corrected chi connectivity index (χ1v) is 7.89. The van der Waals surface area contributed by atoms with E-state index in [0.717, 1.165) is 11.1 Å². The monoisotopic (exact) mass is 340 g/mol. The van der Waals surface area contributed by atoms with Crippen molar-refractivity contribution in [2.24, 2.45) is 0 Å². The van der Waals surface area contributed by atoms with Crippen LogP contribution in [0.3, 0.4) is 0 Å². The maximum Gasteiger partial charge on any atom is 0.330 e. The largest absolute Gasteiger partial charge is 0.463 e. The molecule has 0 amide bonds. The number of rotatable bonds is 6. The van der Waals surface area contributed by atoms with Crippen LogP contribution < -0.4 is 0 Å². The molecule has 3 nitrogen and oxygen atoms in total. The van der Waals surface area contributed by atoms with E-state index < -0.39 is 5.97 Å². The van der Waals surface area contributed by atoms with Crippen LogP contribution in [-0.2, 0) is 9.53 Å². The quantitative estimate of drug-likeness (QED) is 0.430. The van der Waals surface area contributed by atoms with Crippen molar-refractivity contribution in [1.29, 1.82) is 0 Å². The van der Waals surface area contributed by atoms with Gasteiger partial charge in [0.15, 0.2) is 5.78 Å². The number of allylic oxidation sites excluding steroid dienone is 1. The molecular weight excluding hydrogens is 324 g/mol. The van der Waals surface area contributed by atoms with E-state index in [0.29, 0.717) is 17.2 Å². The second-order valence-electron chi connectivity index (χ2n) is 4.96. The van der Waals surface area contributed by atoms with Gasteiger partial charge in [0.2, 0.25) is 0 Å². The highest BCUT2D eigenvalue weighted by molar-refractivity contribution is 6.30. The maximum atomic E-state index is 12.2. The number of ketones is 1. The van der Waals surface area contributed by atoms with Gasteiger partial charge >= 0.3 is 5.97 Å². The van der Waals surface area contributed by atoms with Gasteiger partial charge in [0.25, 0.3) is 0 Å². The van der Waals surface area contributed by atoms with E-state index in [1.165, 1.54) is 12.2 Å². The molecule has 0 aliphatic carbocycles. The maximum absolute atomic E-state index is 12.2. The average Bonchev–Trinajstić information content (AvgIpc) is 2.60. The average molecular weight is 341 g/mol. The summed E-state index contributed by atoms with van der Waals surface area (Å²) < 4.78 is 4.82. The summed E-state index contributed by atoms with van der Waals surface area (Å²) >= 11 is 5.83. The lowest BCUT2D eigenvalue weighted by atomic mass is 10.1. The zero-order valence-electron chi connectivity index (χ0n) is 13.2. The molecule has 2 aromatic carbocycles. The third kappa shape index (κ3) is 5.52. The Balaban J connectivity index is 2.08. The first-order chi connectivity index (χ1) is 11.6. The van der Waals surface area contributed by atoms with Gasteiger partial charge in [0.1, 0.15) is 0 Å². The highest BCUT2D eigenvalue weighted by Gasteiger charge is 2.02. The number of hydrogen-bond donors (Lipinski definition) is 0. The minimum absolute atomic E-state index is 0.115. The van der Waals surface area contributed by atoms with Crippen LogP contribution in [0.25, 0.3) is 12.2 Å². The number of carbonyl (C=O) groups excluding carboxylic acids is 2. The third-order valence-corrected chi connectivity index (χ3v) is 3.42. The summed E-state index contributed by atoms with van der Waals surface area (Å²) in [5.41, 5.74) is 2.20. The molecule has 0 aliphatic rings. The van der Waals surface area contributed by atoms with Crippen molar-refractivity contribution < 1.29 is 14.3 Å². The van der Waals surface area contributed by atoms with E-state index in [9.17, 15) is 9.59 Å². The second-order valence-corrected chi connectivity index (χ2v) is 5.40. The molecule has 0 spiro atoms. The summed E-state index contributed by atoms with van der Waals surface area (Å²) in [4.78, 5) is 23.6. The van der Waals surface area contributed by atoms with Gasteiger partial charge in [-0.15, -0.1) is 0 Å². The van der Waals surface area contributed by atoms with Crippen LogP contribution in [0.4, 0.5) is 0 Å². The van der Waals surface area contributed by atoms with Crippen molar-refractivity contribution in [3.63, 3.8) is 0 Å². The molecule has 24 heavy (non-hydrogen) atoms. The Labute approximate surface area is 146 Å². The fourth-order valence-electron chi connectivity index (χ4n) is 1.99. The van der Waals surface area contributed by atoms with Crippen molar-refractivity contribution in [3.8, 4) is 0 Å². The molecule has 0 aliphatic heterocycles. The van der Waals surface area contributed by atoms with Crippen LogP contribution in [0.1, 0.15) is 28.4 Å². The van der Waals surface area contributed by atoms with Gasteiger partial charge < -0.3 is 4.74 Å². The van der Waals surface area contributed by atoms with Crippen LogP contribution >= 0.6 is 11.6 Å². The molecule has 0 radical (unpaired) electrons. The van der Waals surface area contributed by atoms with E-state index in [1.807, 2.05) is 18.2 Å². The van der Waals surface area contributed by atoms with Gasteiger partial charge in [-0.05, 0) is 48.4 Å². The Morgan fingerprint density at radius 1 is 1.00 bits per heavy atom. The minimum Gasteiger partial charge on any atom is -0.463 e. The lowest BCUT2D eigenvalue weighted by Gasteiger charge is -1.99. The van der Waals surface area contributed by atoms with Crippen molar-refractivity contribution >= 4 is 35.5 Å². The molecule has 2 aromatic rings. The van der Waals surface area contributed by atoms with E-state index in [4.69, 9.17) is 16.3 Å². The molecule has 2 rings (SSSR count). The number of benzene rings is 2. The Hall–Kier alpha value is -2.65. The summed E-state index contributed by atoms with van der Waals surface area (Å²) in [5, 5.41) is 0.652. The van der Waals surface area contributed by atoms with Gasteiger partial charge in [-0.1, -0.05) is 48.0 Å². The summed E-state index contributed by atoms with van der Waals surface area (Å²) in [6, 6.07) is 14.3. The third-order valence-electron chi connectivity index (χ3n) is 3.17. The van der Waals surface area contributed by atoms with Gasteiger partial charge in [0.05, 0.1) is 6.61 Å². The number of ether oxygens (including phenoxy) is 1. The summed E-state index contributed by atoms with van der Waals surface area (Å²) in [6.07, 6.45) is 6.21. The van der Waals surface area contributed by atoms with Gasteiger partial charge in [0, 0.05) is 16.7 Å². The number of hydrogen-bond acceptors (Lipinski definition) is 3. The van der Waals surface area contributed by atoms with Gasteiger partial charge in [-0.3, -0.25) is 4.79 Å². The Morgan fingerprint density at radius 2 is 1.71 bits per heavy atom. The SMILES string of the molecule is CCOC(=O)/C=C/c1cccc(C(=O)/C=C/c2ccc(Cl)cc2)c1. The fourth-order valence-corrected chi connectivity index (χ4v) is 2.12. The molecule has 0 bridgehead atoms. The summed E-state index contributed by atoms with van der Waals surface area (Å²) in [7, 11) is 0. The molecular formula is C20H17ClO3. The van der Waals surface area contributed by atoms with E-state index in [1.54, 1.807) is 49.4 Å². The van der Waals surface area contributed by atoms with Crippen LogP contribution in [-0.4, -0.2) is 18.4 Å². The van der Waals surface area contributed by atoms with Gasteiger partial charge in [-0.2, -0.15) is 0 Å². The highest BCUT2D eigenvalue weighted by atomic mass is 35.5. The highest BCUT2D eigenvalue weighted by Crippen LogP contribution is 2.12. The van der Waals surface area contributed by atoms with Crippen molar-refractivity contribution in [1.82, 2.24) is 0 Å². The molecule has 0 saturated heterocycles. The molecule has 0 heterocycles. The molecule has 4 heteroatoms. The zero-order chi connectivity index (χ0) is 17.4. The van der Waals surface area contributed by atoms with Crippen LogP contribution in [0, 0.1) is 0 Å². The van der Waals surface area contributed by atoms with E-state index in [-0.39, 0.29) is 5.78 Å². The minimum atomic E-state index is -0.406. The van der Waals surface area contributed by atoms with Gasteiger partial charge in [-0.25, -0.2) is 4.79 Å². The summed E-state index contributed by atoms with van der Waals surface area (Å²) in [5.74, 6) is -0.520. The van der Waals surface area contributed by atoms with Crippen molar-refractivity contribution in [2.45, 2.75) is 6.92 Å². The van der Waals surface area contributed by atoms with Crippen molar-refractivity contribution in [3.05, 3.63) is 82.4 Å². The van der Waals surface area contributed by atoms with Crippen LogP contribution in [0.5, 0.6) is 0 Å². The standard InChI is InChI=1S/C20H17ClO3/c1-2-24-20(23)13-9-16-4-3-5-17(14-16)19(22)12-8-15-6-10-18(21)11-7-15/h3-14H,2H2,1H3/b12-8+,13-9+. The summed E-state index contributed by atoms with van der Waals surface area (Å²) in [6.45, 7) is 2.08.